The standard InChI is InChI=1S/C17H28N2O3/c1-4-22-14-16-8-6-15(7-9-16)12-18-17(20)13-19(2)10-5-11-21-3/h6-9H,4-5,10-14H2,1-3H3,(H,18,20). The lowest BCUT2D eigenvalue weighted by Crippen LogP contribution is -2.35. The van der Waals surface area contributed by atoms with Gasteiger partial charge in [-0.05, 0) is 31.5 Å². The highest BCUT2D eigenvalue weighted by Gasteiger charge is 2.06. The molecule has 0 atom stereocenters. The maximum absolute atomic E-state index is 11.9. The van der Waals surface area contributed by atoms with Crippen molar-refractivity contribution in [3.8, 4) is 0 Å². The van der Waals surface area contributed by atoms with Crippen molar-refractivity contribution in [3.05, 3.63) is 35.4 Å². The first-order valence-corrected chi connectivity index (χ1v) is 7.75. The molecule has 1 rings (SSSR count). The molecule has 0 aliphatic heterocycles. The summed E-state index contributed by atoms with van der Waals surface area (Å²) in [5, 5.41) is 2.94. The third-order valence-corrected chi connectivity index (χ3v) is 3.29. The SMILES string of the molecule is CCOCc1ccc(CNC(=O)CN(C)CCCOC)cc1. The molecule has 124 valence electrons. The first-order valence-electron chi connectivity index (χ1n) is 7.75. The summed E-state index contributed by atoms with van der Waals surface area (Å²) in [4.78, 5) is 13.9. The Bertz CT molecular complexity index is 420. The van der Waals surface area contributed by atoms with Gasteiger partial charge in [0.05, 0.1) is 13.2 Å². The Morgan fingerprint density at radius 1 is 1.23 bits per heavy atom. The average molecular weight is 308 g/mol. The van der Waals surface area contributed by atoms with Crippen molar-refractivity contribution in [2.45, 2.75) is 26.5 Å². The molecule has 0 spiro atoms. The third kappa shape index (κ3) is 8.12. The molecular formula is C17H28N2O3. The average Bonchev–Trinajstić information content (AvgIpc) is 2.52. The molecule has 1 aromatic carbocycles. The number of carbonyl (C=O) groups is 1. The van der Waals surface area contributed by atoms with Gasteiger partial charge in [0.15, 0.2) is 0 Å². The monoisotopic (exact) mass is 308 g/mol. The van der Waals surface area contributed by atoms with E-state index in [0.29, 0.717) is 19.7 Å². The second-order valence-corrected chi connectivity index (χ2v) is 5.31. The predicted molar refractivity (Wildman–Crippen MR) is 87.6 cm³/mol. The molecule has 5 nitrogen and oxygen atoms in total. The van der Waals surface area contributed by atoms with Crippen LogP contribution in [0.1, 0.15) is 24.5 Å². The van der Waals surface area contributed by atoms with Crippen molar-refractivity contribution in [1.82, 2.24) is 10.2 Å². The fourth-order valence-electron chi connectivity index (χ4n) is 2.03. The fraction of sp³-hybridized carbons (Fsp3) is 0.588. The number of benzene rings is 1. The molecule has 0 aliphatic rings. The molecule has 1 N–H and O–H groups in total. The zero-order valence-electron chi connectivity index (χ0n) is 13.9. The highest BCUT2D eigenvalue weighted by atomic mass is 16.5. The number of nitrogens with zero attached hydrogens (tertiary/aromatic N) is 1. The van der Waals surface area contributed by atoms with E-state index in [4.69, 9.17) is 9.47 Å². The second kappa shape index (κ2) is 11.2. The van der Waals surface area contributed by atoms with Gasteiger partial charge in [0, 0.05) is 33.4 Å². The lowest BCUT2D eigenvalue weighted by Gasteiger charge is -2.16. The van der Waals surface area contributed by atoms with Crippen LogP contribution >= 0.6 is 0 Å². The van der Waals surface area contributed by atoms with Gasteiger partial charge in [-0.25, -0.2) is 0 Å². The van der Waals surface area contributed by atoms with Crippen LogP contribution in [0.5, 0.6) is 0 Å². The van der Waals surface area contributed by atoms with Crippen LogP contribution in [0.3, 0.4) is 0 Å². The summed E-state index contributed by atoms with van der Waals surface area (Å²) < 4.78 is 10.4. The first-order chi connectivity index (χ1) is 10.7. The predicted octanol–water partition coefficient (Wildman–Crippen LogP) is 1.81. The van der Waals surface area contributed by atoms with Gasteiger partial charge in [-0.15, -0.1) is 0 Å². The van der Waals surface area contributed by atoms with Crippen LogP contribution in [0, 0.1) is 0 Å². The van der Waals surface area contributed by atoms with Gasteiger partial charge in [-0.2, -0.15) is 0 Å². The summed E-state index contributed by atoms with van der Waals surface area (Å²) in [5.74, 6) is 0.0401. The maximum Gasteiger partial charge on any atom is 0.234 e. The van der Waals surface area contributed by atoms with Gasteiger partial charge in [-0.1, -0.05) is 24.3 Å². The topological polar surface area (TPSA) is 50.8 Å². The molecule has 0 aliphatic carbocycles. The van der Waals surface area contributed by atoms with Crippen molar-refractivity contribution in [2.75, 3.05) is 40.5 Å². The molecule has 0 fully saturated rings. The van der Waals surface area contributed by atoms with Gasteiger partial charge in [0.1, 0.15) is 0 Å². The molecule has 0 bridgehead atoms. The van der Waals surface area contributed by atoms with Crippen LogP contribution in [-0.2, 0) is 27.4 Å². The molecule has 0 aromatic heterocycles. The van der Waals surface area contributed by atoms with Crippen LogP contribution in [-0.4, -0.2) is 51.3 Å². The molecule has 0 saturated carbocycles. The van der Waals surface area contributed by atoms with Gasteiger partial charge in [0.25, 0.3) is 0 Å². The summed E-state index contributed by atoms with van der Waals surface area (Å²) in [5.41, 5.74) is 2.24. The Morgan fingerprint density at radius 3 is 2.55 bits per heavy atom. The van der Waals surface area contributed by atoms with Gasteiger partial charge >= 0.3 is 0 Å². The number of hydrogen-bond donors (Lipinski definition) is 1. The van der Waals surface area contributed by atoms with Crippen LogP contribution in [0.25, 0.3) is 0 Å². The summed E-state index contributed by atoms with van der Waals surface area (Å²) in [6, 6.07) is 8.12. The zero-order chi connectivity index (χ0) is 16.2. The van der Waals surface area contributed by atoms with E-state index in [1.807, 2.05) is 43.1 Å². The number of likely N-dealkylation sites (N-methyl/N-ethyl adjacent to an activating group) is 1. The highest BCUT2D eigenvalue weighted by molar-refractivity contribution is 5.77. The molecule has 0 radical (unpaired) electrons. The summed E-state index contributed by atoms with van der Waals surface area (Å²) >= 11 is 0. The Morgan fingerprint density at radius 2 is 1.91 bits per heavy atom. The lowest BCUT2D eigenvalue weighted by atomic mass is 10.1. The number of amides is 1. The van der Waals surface area contributed by atoms with Crippen LogP contribution in [0.15, 0.2) is 24.3 Å². The van der Waals surface area contributed by atoms with Crippen molar-refractivity contribution >= 4 is 5.91 Å². The van der Waals surface area contributed by atoms with Crippen molar-refractivity contribution < 1.29 is 14.3 Å². The first kappa shape index (κ1) is 18.6. The molecule has 5 heteroatoms. The Kier molecular flexibility index (Phi) is 9.46. The van der Waals surface area contributed by atoms with Crippen molar-refractivity contribution in [2.24, 2.45) is 0 Å². The van der Waals surface area contributed by atoms with Gasteiger partial charge < -0.3 is 14.8 Å². The van der Waals surface area contributed by atoms with Crippen LogP contribution in [0.2, 0.25) is 0 Å². The molecule has 0 saturated heterocycles. The lowest BCUT2D eigenvalue weighted by molar-refractivity contribution is -0.122. The molecule has 22 heavy (non-hydrogen) atoms. The number of ether oxygens (including phenoxy) is 2. The summed E-state index contributed by atoms with van der Waals surface area (Å²) in [6.07, 6.45) is 0.932. The largest absolute Gasteiger partial charge is 0.385 e. The molecule has 0 unspecified atom stereocenters. The number of methoxy groups -OCH3 is 1. The Balaban J connectivity index is 2.25. The molecule has 0 heterocycles. The number of carbonyl (C=O) groups excluding carboxylic acids is 1. The quantitative estimate of drug-likeness (QED) is 0.634. The van der Waals surface area contributed by atoms with E-state index < -0.39 is 0 Å². The normalized spacial score (nSPS) is 10.9. The van der Waals surface area contributed by atoms with Crippen molar-refractivity contribution in [1.29, 1.82) is 0 Å². The van der Waals surface area contributed by atoms with Crippen LogP contribution < -0.4 is 5.32 Å². The maximum atomic E-state index is 11.9. The minimum absolute atomic E-state index is 0.0401. The zero-order valence-corrected chi connectivity index (χ0v) is 13.9. The Hall–Kier alpha value is -1.43. The Labute approximate surface area is 133 Å². The van der Waals surface area contributed by atoms with E-state index in [1.54, 1.807) is 7.11 Å². The van der Waals surface area contributed by atoms with E-state index in [0.717, 1.165) is 37.3 Å². The fourth-order valence-corrected chi connectivity index (χ4v) is 2.03. The van der Waals surface area contributed by atoms with Crippen LogP contribution in [0.4, 0.5) is 0 Å². The number of hydrogen-bond acceptors (Lipinski definition) is 4. The number of nitrogens with one attached hydrogen (secondary N) is 1. The summed E-state index contributed by atoms with van der Waals surface area (Å²) in [7, 11) is 3.63. The third-order valence-electron chi connectivity index (χ3n) is 3.29. The minimum atomic E-state index is 0.0401. The van der Waals surface area contributed by atoms with Gasteiger partial charge in [-0.3, -0.25) is 9.69 Å². The van der Waals surface area contributed by atoms with Gasteiger partial charge in [0.2, 0.25) is 5.91 Å². The molecular weight excluding hydrogens is 280 g/mol. The van der Waals surface area contributed by atoms with E-state index in [9.17, 15) is 4.79 Å². The molecule has 1 amide bonds. The molecule has 1 aromatic rings. The second-order valence-electron chi connectivity index (χ2n) is 5.31. The smallest absolute Gasteiger partial charge is 0.234 e. The van der Waals surface area contributed by atoms with Crippen molar-refractivity contribution in [3.63, 3.8) is 0 Å². The van der Waals surface area contributed by atoms with E-state index in [-0.39, 0.29) is 5.91 Å². The number of rotatable bonds is 11. The van der Waals surface area contributed by atoms with E-state index >= 15 is 0 Å². The van der Waals surface area contributed by atoms with E-state index in [1.165, 1.54) is 0 Å². The minimum Gasteiger partial charge on any atom is -0.385 e. The highest BCUT2D eigenvalue weighted by Crippen LogP contribution is 2.05. The summed E-state index contributed by atoms with van der Waals surface area (Å²) in [6.45, 7) is 5.88. The van der Waals surface area contributed by atoms with E-state index in [2.05, 4.69) is 5.32 Å².